The Balaban J connectivity index is 0.000000322. The predicted molar refractivity (Wildman–Crippen MR) is 99.2 cm³/mol. The molecule has 0 spiro atoms. The van der Waals surface area contributed by atoms with E-state index in [0.717, 1.165) is 11.4 Å². The van der Waals surface area contributed by atoms with E-state index >= 15 is 0 Å². The number of rotatable bonds is 4. The van der Waals surface area contributed by atoms with E-state index in [2.05, 4.69) is 17.4 Å². The van der Waals surface area contributed by atoms with Gasteiger partial charge in [-0.3, -0.25) is 4.90 Å². The Kier molecular flexibility index (Phi) is 8.94. The molecule has 3 nitrogen and oxygen atoms in total. The van der Waals surface area contributed by atoms with E-state index in [0.29, 0.717) is 4.32 Å². The lowest BCUT2D eigenvalue weighted by Gasteiger charge is -2.22. The molecule has 0 aliphatic rings. The lowest BCUT2D eigenvalue weighted by atomic mass is 10.2. The minimum absolute atomic E-state index is 0.253. The van der Waals surface area contributed by atoms with E-state index in [4.69, 9.17) is 12.2 Å². The van der Waals surface area contributed by atoms with Crippen LogP contribution in [0.2, 0.25) is 0 Å². The molecule has 0 atom stereocenters. The van der Waals surface area contributed by atoms with Gasteiger partial charge < -0.3 is 4.74 Å². The van der Waals surface area contributed by atoms with Crippen LogP contribution in [0.4, 0.5) is 15.8 Å². The number of para-hydroxylation sites is 2. The Morgan fingerprint density at radius 3 is 1.78 bits per heavy atom. The first-order valence-electron chi connectivity index (χ1n) is 6.94. The zero-order chi connectivity index (χ0) is 17.1. The summed E-state index contributed by atoms with van der Waals surface area (Å²) < 4.78 is 15.8. The van der Waals surface area contributed by atoms with Gasteiger partial charge in [0.15, 0.2) is 6.67 Å². The number of hydrogen-bond donors (Lipinski definition) is 1. The highest BCUT2D eigenvalue weighted by Gasteiger charge is 2.10. The van der Waals surface area contributed by atoms with Crippen LogP contribution in [0, 0.1) is 0 Å². The van der Waals surface area contributed by atoms with Crippen molar-refractivity contribution in [3.63, 3.8) is 0 Å². The number of alkyl halides is 1. The maximum absolute atomic E-state index is 11.1. The average Bonchev–Trinajstić information content (AvgIpc) is 2.57. The van der Waals surface area contributed by atoms with Crippen LogP contribution in [0.3, 0.4) is 0 Å². The topological polar surface area (TPSA) is 29.5 Å². The minimum atomic E-state index is -1.02. The fraction of sp³-hybridized carbons (Fsp3) is 0.176. The van der Waals surface area contributed by atoms with Gasteiger partial charge in [-0.05, 0) is 31.2 Å². The highest BCUT2D eigenvalue weighted by atomic mass is 32.1. The fourth-order valence-corrected chi connectivity index (χ4v) is 2.17. The number of anilines is 2. The quantitative estimate of drug-likeness (QED) is 0.497. The molecule has 0 N–H and O–H groups in total. The van der Waals surface area contributed by atoms with E-state index in [1.807, 2.05) is 65.6 Å². The van der Waals surface area contributed by atoms with Crippen molar-refractivity contribution in [3.8, 4) is 0 Å². The molecule has 2 rings (SSSR count). The van der Waals surface area contributed by atoms with Crippen LogP contribution in [-0.2, 0) is 9.53 Å². The molecule has 0 saturated carbocycles. The number of halogens is 1. The molecule has 0 fully saturated rings. The van der Waals surface area contributed by atoms with E-state index in [-0.39, 0.29) is 6.61 Å². The van der Waals surface area contributed by atoms with Crippen LogP contribution in [0.15, 0.2) is 60.7 Å². The number of benzene rings is 2. The molecule has 0 amide bonds. The zero-order valence-electron chi connectivity index (χ0n) is 12.7. The van der Waals surface area contributed by atoms with Crippen molar-refractivity contribution < 1.29 is 13.9 Å². The SMILES string of the molecule is CCOC(=O)CF.S=C(S)N(c1ccccc1)c1ccccc1. The summed E-state index contributed by atoms with van der Waals surface area (Å²) in [5, 5.41) is 0. The van der Waals surface area contributed by atoms with E-state index < -0.39 is 12.6 Å². The Morgan fingerprint density at radius 2 is 1.52 bits per heavy atom. The Morgan fingerprint density at radius 1 is 1.09 bits per heavy atom. The summed E-state index contributed by atoms with van der Waals surface area (Å²) in [4.78, 5) is 11.7. The molecule has 0 unspecified atom stereocenters. The molecule has 0 saturated heterocycles. The molecule has 0 aromatic heterocycles. The largest absolute Gasteiger partial charge is 0.464 e. The third-order valence-electron chi connectivity index (χ3n) is 2.63. The predicted octanol–water partition coefficient (Wildman–Crippen LogP) is 4.56. The minimum Gasteiger partial charge on any atom is -0.464 e. The normalized spacial score (nSPS) is 9.35. The average molecular weight is 351 g/mol. The number of esters is 1. The first-order valence-corrected chi connectivity index (χ1v) is 7.80. The third kappa shape index (κ3) is 6.80. The van der Waals surface area contributed by atoms with Gasteiger partial charge in [0.05, 0.1) is 6.61 Å². The van der Waals surface area contributed by atoms with Crippen molar-refractivity contribution in [2.75, 3.05) is 18.2 Å². The molecular weight excluding hydrogens is 333 g/mol. The molecule has 0 aliphatic carbocycles. The first-order chi connectivity index (χ1) is 11.1. The van der Waals surface area contributed by atoms with Gasteiger partial charge in [0.25, 0.3) is 0 Å². The summed E-state index contributed by atoms with van der Waals surface area (Å²) in [6, 6.07) is 19.9. The number of nitrogens with zero attached hydrogens (tertiary/aromatic N) is 1. The van der Waals surface area contributed by atoms with Gasteiger partial charge in [-0.2, -0.15) is 0 Å². The highest BCUT2D eigenvalue weighted by Crippen LogP contribution is 2.26. The van der Waals surface area contributed by atoms with Crippen molar-refractivity contribution >= 4 is 46.5 Å². The number of ether oxygens (including phenoxy) is 1. The fourth-order valence-electron chi connectivity index (χ4n) is 1.72. The van der Waals surface area contributed by atoms with E-state index in [1.54, 1.807) is 6.92 Å². The van der Waals surface area contributed by atoms with Crippen LogP contribution in [0.1, 0.15) is 6.92 Å². The second-order valence-electron chi connectivity index (χ2n) is 4.23. The molecular formula is C17H18FNO2S2. The summed E-state index contributed by atoms with van der Waals surface area (Å²) in [7, 11) is 0. The Labute approximate surface area is 146 Å². The van der Waals surface area contributed by atoms with E-state index in [1.165, 1.54) is 0 Å². The number of hydrogen-bond acceptors (Lipinski definition) is 3. The molecule has 0 radical (unpaired) electrons. The van der Waals surface area contributed by atoms with Crippen LogP contribution in [-0.4, -0.2) is 23.6 Å². The molecule has 0 aliphatic heterocycles. The summed E-state index contributed by atoms with van der Waals surface area (Å²) in [5.41, 5.74) is 2.04. The maximum Gasteiger partial charge on any atom is 0.337 e. The van der Waals surface area contributed by atoms with Crippen molar-refractivity contribution in [2.24, 2.45) is 0 Å². The van der Waals surface area contributed by atoms with Crippen molar-refractivity contribution in [1.29, 1.82) is 0 Å². The molecule has 0 heterocycles. The summed E-state index contributed by atoms with van der Waals surface area (Å²) in [6.07, 6.45) is 0. The van der Waals surface area contributed by atoms with Gasteiger partial charge in [0.2, 0.25) is 0 Å². The van der Waals surface area contributed by atoms with Crippen LogP contribution < -0.4 is 4.90 Å². The smallest absolute Gasteiger partial charge is 0.337 e. The molecule has 2 aromatic rings. The molecule has 6 heteroatoms. The summed E-state index contributed by atoms with van der Waals surface area (Å²) >= 11 is 9.44. The number of thiol groups is 1. The number of thiocarbonyl (C=S) groups is 1. The molecule has 23 heavy (non-hydrogen) atoms. The number of carbonyl (C=O) groups is 1. The Hall–Kier alpha value is -1.92. The highest BCUT2D eigenvalue weighted by molar-refractivity contribution is 8.11. The van der Waals surface area contributed by atoms with Gasteiger partial charge in [0, 0.05) is 11.4 Å². The third-order valence-corrected chi connectivity index (χ3v) is 3.02. The monoisotopic (exact) mass is 351 g/mol. The second kappa shape index (κ2) is 10.7. The van der Waals surface area contributed by atoms with Gasteiger partial charge >= 0.3 is 5.97 Å². The van der Waals surface area contributed by atoms with Crippen LogP contribution in [0.5, 0.6) is 0 Å². The lowest BCUT2D eigenvalue weighted by molar-refractivity contribution is -0.144. The molecule has 0 bridgehead atoms. The van der Waals surface area contributed by atoms with Crippen molar-refractivity contribution in [1.82, 2.24) is 0 Å². The van der Waals surface area contributed by atoms with Gasteiger partial charge in [0.1, 0.15) is 4.32 Å². The summed E-state index contributed by atoms with van der Waals surface area (Å²) in [5.74, 6) is -0.789. The van der Waals surface area contributed by atoms with Crippen molar-refractivity contribution in [3.05, 3.63) is 60.7 Å². The molecule has 122 valence electrons. The first kappa shape index (κ1) is 19.1. The van der Waals surface area contributed by atoms with Gasteiger partial charge in [-0.1, -0.05) is 48.6 Å². The number of carbonyl (C=O) groups excluding carboxylic acids is 1. The van der Waals surface area contributed by atoms with Crippen LogP contribution in [0.25, 0.3) is 0 Å². The zero-order valence-corrected chi connectivity index (χ0v) is 14.4. The van der Waals surface area contributed by atoms with Crippen molar-refractivity contribution in [2.45, 2.75) is 6.92 Å². The lowest BCUT2D eigenvalue weighted by Crippen LogP contribution is -2.18. The summed E-state index contributed by atoms with van der Waals surface area (Å²) in [6.45, 7) is 0.865. The Bertz CT molecular complexity index is 569. The molecule has 2 aromatic carbocycles. The standard InChI is InChI=1S/C13H11NS2.C4H7FO2/c15-13(16)14(11-7-3-1-4-8-11)12-9-5-2-6-10-12;1-2-7-4(6)3-5/h1-10H,(H,15,16);2-3H2,1H3. The van der Waals surface area contributed by atoms with E-state index in [9.17, 15) is 9.18 Å². The second-order valence-corrected chi connectivity index (χ2v) is 5.34. The maximum atomic E-state index is 11.1. The van der Waals surface area contributed by atoms with Gasteiger partial charge in [-0.25, -0.2) is 9.18 Å². The van der Waals surface area contributed by atoms with Gasteiger partial charge in [-0.15, -0.1) is 12.6 Å². The van der Waals surface area contributed by atoms with Crippen LogP contribution >= 0.6 is 24.8 Å².